The molecule has 0 unspecified atom stereocenters. The maximum absolute atomic E-state index is 9.08. The fourth-order valence-corrected chi connectivity index (χ4v) is 6.27. The number of pyridine rings is 1. The van der Waals surface area contributed by atoms with Gasteiger partial charge in [-0.3, -0.25) is 0 Å². The van der Waals surface area contributed by atoms with Crippen LogP contribution in [-0.2, 0) is 0 Å². The molecule has 0 spiro atoms. The Morgan fingerprint density at radius 1 is 1.29 bits per heavy atom. The van der Waals surface area contributed by atoms with Gasteiger partial charge < -0.3 is 0 Å². The molecule has 0 aliphatic rings. The minimum atomic E-state index is -2.41. The molecule has 108 valence electrons. The van der Waals surface area contributed by atoms with Crippen LogP contribution in [0.2, 0.25) is 20.0 Å². The number of nitrogens with two attached hydrogens (primary N) is 1. The van der Waals surface area contributed by atoms with E-state index in [1.807, 2.05) is 12.1 Å². The molecule has 0 aliphatic heterocycles. The van der Waals surface area contributed by atoms with Crippen molar-refractivity contribution in [2.45, 2.75) is 14.8 Å². The first-order valence-electron chi connectivity index (χ1n) is 6.45. The van der Waals surface area contributed by atoms with Crippen molar-refractivity contribution in [3.63, 3.8) is 0 Å². The van der Waals surface area contributed by atoms with Gasteiger partial charge in [0.1, 0.15) is 0 Å². The Morgan fingerprint density at radius 2 is 2.00 bits per heavy atom. The molecule has 1 aromatic carbocycles. The quantitative estimate of drug-likeness (QED) is 0.623. The Balaban J connectivity index is 2.55. The van der Waals surface area contributed by atoms with Crippen LogP contribution in [0.1, 0.15) is 5.56 Å². The number of nitriles is 1. The van der Waals surface area contributed by atoms with E-state index in [-0.39, 0.29) is 5.15 Å². The van der Waals surface area contributed by atoms with Crippen molar-refractivity contribution in [2.75, 3.05) is 5.73 Å². The van der Waals surface area contributed by atoms with Gasteiger partial charge in [-0.05, 0) is 0 Å². The molecule has 0 saturated heterocycles. The summed E-state index contributed by atoms with van der Waals surface area (Å²) in [6, 6.07) is 9.29. The van der Waals surface area contributed by atoms with Gasteiger partial charge in [-0.2, -0.15) is 0 Å². The van der Waals surface area contributed by atoms with Crippen molar-refractivity contribution in [1.82, 2.24) is 4.98 Å². The van der Waals surface area contributed by atoms with Crippen LogP contribution in [-0.4, -0.2) is 23.4 Å². The molecule has 0 amide bonds. The molecular weight excluding hydrogens is 392 g/mol. The van der Waals surface area contributed by atoms with E-state index in [1.54, 1.807) is 12.1 Å². The zero-order chi connectivity index (χ0) is 15.6. The Kier molecular flexibility index (Phi) is 4.64. The van der Waals surface area contributed by atoms with Gasteiger partial charge in [0.2, 0.25) is 0 Å². The summed E-state index contributed by atoms with van der Waals surface area (Å²) in [5, 5.41) is 9.29. The molecule has 4 nitrogen and oxygen atoms in total. The fraction of sp³-hybridized carbons (Fsp3) is 0.200. The standard InChI is InChI=1S/C12H7ClN3O.3CH3.Sn/c13-12-11(10(15)4-5-16-12)17-9-3-1-2-8(6-9)7-14;;;;/h1-2,4-6H,(H2,15,16);3*1H3;. The first-order chi connectivity index (χ1) is 9.82. The van der Waals surface area contributed by atoms with E-state index in [9.17, 15) is 0 Å². The van der Waals surface area contributed by atoms with Crippen molar-refractivity contribution < 1.29 is 4.74 Å². The molecule has 0 fully saturated rings. The van der Waals surface area contributed by atoms with Crippen molar-refractivity contribution in [2.24, 2.45) is 0 Å². The monoisotopic (exact) mass is 409 g/mol. The summed E-state index contributed by atoms with van der Waals surface area (Å²) in [7, 11) is 0. The molecule has 0 atom stereocenters. The molecular formula is C15H16ClN3OSn. The van der Waals surface area contributed by atoms with Crippen molar-refractivity contribution >= 4 is 39.2 Å². The second-order valence-corrected chi connectivity index (χ2v) is 20.4. The molecule has 0 aliphatic carbocycles. The van der Waals surface area contributed by atoms with E-state index in [2.05, 4.69) is 25.9 Å². The number of aromatic nitrogens is 1. The summed E-state index contributed by atoms with van der Waals surface area (Å²) in [5.74, 6) is 0.991. The Morgan fingerprint density at radius 3 is 2.57 bits per heavy atom. The number of ether oxygens (including phenoxy) is 1. The van der Waals surface area contributed by atoms with Crippen LogP contribution in [0.3, 0.4) is 0 Å². The van der Waals surface area contributed by atoms with Crippen molar-refractivity contribution in [3.8, 4) is 17.6 Å². The van der Waals surface area contributed by atoms with Crippen molar-refractivity contribution in [3.05, 3.63) is 41.2 Å². The number of rotatable bonds is 3. The molecule has 2 rings (SSSR count). The van der Waals surface area contributed by atoms with Crippen LogP contribution in [0, 0.1) is 11.3 Å². The molecule has 6 heteroatoms. The van der Waals surface area contributed by atoms with E-state index < -0.39 is 18.4 Å². The van der Waals surface area contributed by atoms with E-state index in [4.69, 9.17) is 27.3 Å². The molecule has 0 radical (unpaired) electrons. The van der Waals surface area contributed by atoms with Crippen LogP contribution in [0.25, 0.3) is 0 Å². The third-order valence-electron chi connectivity index (χ3n) is 3.02. The molecule has 2 aromatic rings. The number of hydrogen-bond donors (Lipinski definition) is 1. The molecule has 21 heavy (non-hydrogen) atoms. The van der Waals surface area contributed by atoms with Crippen LogP contribution in [0.5, 0.6) is 11.5 Å². The Labute approximate surface area is 133 Å². The maximum atomic E-state index is 9.08. The molecule has 0 saturated carbocycles. The molecule has 2 N–H and O–H groups in total. The van der Waals surface area contributed by atoms with Crippen molar-refractivity contribution in [1.29, 1.82) is 5.26 Å². The minimum absolute atomic E-state index is 0.215. The fourth-order valence-electron chi connectivity index (χ4n) is 1.94. The second-order valence-electron chi connectivity index (χ2n) is 5.69. The van der Waals surface area contributed by atoms with Gasteiger partial charge in [-0.15, -0.1) is 0 Å². The van der Waals surface area contributed by atoms with Gasteiger partial charge in [0.05, 0.1) is 0 Å². The number of nitrogen functional groups attached to an aromatic ring is 1. The van der Waals surface area contributed by atoms with Gasteiger partial charge >= 0.3 is 134 Å². The average Bonchev–Trinajstić information content (AvgIpc) is 2.41. The zero-order valence-corrected chi connectivity index (χ0v) is 15.8. The number of benzene rings is 1. The first kappa shape index (κ1) is 15.9. The van der Waals surface area contributed by atoms with E-state index in [0.29, 0.717) is 22.7 Å². The van der Waals surface area contributed by atoms with Crippen LogP contribution in [0.4, 0.5) is 5.69 Å². The normalized spacial score (nSPS) is 11.0. The third-order valence-corrected chi connectivity index (χ3v) is 9.08. The van der Waals surface area contributed by atoms with Crippen LogP contribution >= 0.6 is 11.6 Å². The van der Waals surface area contributed by atoms with Crippen LogP contribution in [0.15, 0.2) is 30.5 Å². The summed E-state index contributed by atoms with van der Waals surface area (Å²) >= 11 is 3.65. The summed E-state index contributed by atoms with van der Waals surface area (Å²) in [6.07, 6.45) is 1.53. The Hall–Kier alpha value is -1.45. The summed E-state index contributed by atoms with van der Waals surface area (Å²) in [6.45, 7) is 0. The SMILES string of the molecule is [CH3][Sn]([CH3])([CH3])[c]1ccc(C#N)cc1Oc1c(N)ccnc1Cl. The third kappa shape index (κ3) is 3.60. The second kappa shape index (κ2) is 6.12. The van der Waals surface area contributed by atoms with E-state index in [1.165, 1.54) is 9.78 Å². The Bertz CT molecular complexity index is 700. The molecule has 0 bridgehead atoms. The number of hydrogen-bond acceptors (Lipinski definition) is 4. The zero-order valence-electron chi connectivity index (χ0n) is 12.1. The van der Waals surface area contributed by atoms with Gasteiger partial charge in [0.15, 0.2) is 0 Å². The van der Waals surface area contributed by atoms with Gasteiger partial charge in [-0.1, -0.05) is 0 Å². The predicted octanol–water partition coefficient (Wildman–Crippen LogP) is 3.53. The predicted molar refractivity (Wildman–Crippen MR) is 87.9 cm³/mol. The summed E-state index contributed by atoms with van der Waals surface area (Å²) < 4.78 is 7.09. The average molecular weight is 408 g/mol. The van der Waals surface area contributed by atoms with Gasteiger partial charge in [0, 0.05) is 0 Å². The van der Waals surface area contributed by atoms with E-state index >= 15 is 0 Å². The van der Waals surface area contributed by atoms with Gasteiger partial charge in [-0.25, -0.2) is 0 Å². The summed E-state index contributed by atoms with van der Waals surface area (Å²) in [4.78, 5) is 10.8. The first-order valence-corrected chi connectivity index (χ1v) is 16.8. The summed E-state index contributed by atoms with van der Waals surface area (Å²) in [5.41, 5.74) is 6.87. The number of anilines is 1. The molecule has 1 heterocycles. The van der Waals surface area contributed by atoms with Gasteiger partial charge in [0.25, 0.3) is 0 Å². The van der Waals surface area contributed by atoms with Crippen LogP contribution < -0.4 is 14.0 Å². The van der Waals surface area contributed by atoms with E-state index in [0.717, 1.165) is 0 Å². The number of halogens is 1. The number of nitrogens with zero attached hydrogens (tertiary/aromatic N) is 2. The molecule has 1 aromatic heterocycles. The topological polar surface area (TPSA) is 71.9 Å².